The molecule has 0 radical (unpaired) electrons. The number of aliphatic hydroxyl groups excluding tert-OH is 2. The van der Waals surface area contributed by atoms with Crippen LogP contribution in [-0.2, 0) is 14.3 Å². The Morgan fingerprint density at radius 2 is 2.19 bits per heavy atom. The van der Waals surface area contributed by atoms with Gasteiger partial charge in [-0.15, -0.1) is 0 Å². The average molecular weight is 442 g/mol. The van der Waals surface area contributed by atoms with Crippen LogP contribution in [-0.4, -0.2) is 76.3 Å². The van der Waals surface area contributed by atoms with Gasteiger partial charge in [0.2, 0.25) is 17.5 Å². The van der Waals surface area contributed by atoms with Crippen molar-refractivity contribution in [2.75, 3.05) is 26.0 Å². The first kappa shape index (κ1) is 24.0. The predicted octanol–water partition coefficient (Wildman–Crippen LogP) is -1.48. The first-order chi connectivity index (χ1) is 14.7. The predicted molar refractivity (Wildman–Crippen MR) is 103 cm³/mol. The van der Waals surface area contributed by atoms with E-state index in [1.54, 1.807) is 0 Å². The van der Waals surface area contributed by atoms with Crippen LogP contribution in [0.25, 0.3) is 10.4 Å². The number of alkyl halides is 1. The number of nitrogens with zero attached hydrogens (tertiary/aromatic N) is 5. The minimum Gasteiger partial charge on any atom is -0.393 e. The van der Waals surface area contributed by atoms with Crippen molar-refractivity contribution >= 4 is 17.6 Å². The van der Waals surface area contributed by atoms with Gasteiger partial charge in [0.25, 0.3) is 0 Å². The van der Waals surface area contributed by atoms with Gasteiger partial charge < -0.3 is 30.9 Å². The molecule has 0 aliphatic carbocycles. The summed E-state index contributed by atoms with van der Waals surface area (Å²) in [6.07, 6.45) is -4.69. The lowest BCUT2D eigenvalue weighted by atomic mass is 10.1. The number of nitrogens with one attached hydrogen (secondary N) is 3. The molecular weight excluding hydrogens is 419 g/mol. The molecule has 0 bridgehead atoms. The van der Waals surface area contributed by atoms with E-state index in [4.69, 9.17) is 10.3 Å². The molecular formula is C16H23FN8O6. The van der Waals surface area contributed by atoms with E-state index in [1.807, 2.05) is 0 Å². The lowest BCUT2D eigenvalue weighted by Crippen LogP contribution is -2.43. The second-order valence-corrected chi connectivity index (χ2v) is 6.62. The van der Waals surface area contributed by atoms with Crippen molar-refractivity contribution in [2.24, 2.45) is 5.11 Å². The summed E-state index contributed by atoms with van der Waals surface area (Å²) < 4.78 is 20.5. The zero-order chi connectivity index (χ0) is 23.2. The van der Waals surface area contributed by atoms with E-state index in [-0.39, 0.29) is 24.6 Å². The normalized spacial score (nSPS) is 25.9. The zero-order valence-corrected chi connectivity index (χ0v) is 16.7. The second-order valence-electron chi connectivity index (χ2n) is 6.62. The van der Waals surface area contributed by atoms with Gasteiger partial charge in [-0.3, -0.25) is 14.2 Å². The number of amides is 2. The molecule has 5 N–H and O–H groups in total. The molecule has 1 aliphatic heterocycles. The molecule has 2 rings (SSSR count). The molecule has 1 aromatic rings. The van der Waals surface area contributed by atoms with Crippen LogP contribution in [0.5, 0.6) is 0 Å². The zero-order valence-electron chi connectivity index (χ0n) is 16.7. The number of likely N-dealkylation sites (N-methyl/N-ethyl adjacent to an activating group) is 1. The summed E-state index contributed by atoms with van der Waals surface area (Å²) in [5.74, 6) is -0.746. The van der Waals surface area contributed by atoms with Gasteiger partial charge in [-0.2, -0.15) is 4.98 Å². The number of hydrogen-bond donors (Lipinski definition) is 5. The van der Waals surface area contributed by atoms with Crippen molar-refractivity contribution in [3.05, 3.63) is 33.2 Å². The van der Waals surface area contributed by atoms with Crippen LogP contribution in [0, 0.1) is 0 Å². The molecule has 1 unspecified atom stereocenters. The van der Waals surface area contributed by atoms with Crippen LogP contribution in [0.4, 0.5) is 10.2 Å². The van der Waals surface area contributed by atoms with Crippen molar-refractivity contribution in [1.29, 1.82) is 0 Å². The Morgan fingerprint density at radius 3 is 2.74 bits per heavy atom. The molecule has 2 amide bonds. The van der Waals surface area contributed by atoms with E-state index in [0.717, 1.165) is 6.20 Å². The molecule has 170 valence electrons. The minimum atomic E-state index is -2.29. The van der Waals surface area contributed by atoms with Crippen LogP contribution in [0.15, 0.2) is 22.2 Å². The molecule has 1 aromatic heterocycles. The Hall–Kier alpha value is -3.26. The summed E-state index contributed by atoms with van der Waals surface area (Å²) in [5, 5.41) is 30.1. The number of carbonyl (C=O) groups excluding carboxylic acids is 2. The van der Waals surface area contributed by atoms with Gasteiger partial charge >= 0.3 is 5.69 Å². The molecule has 2 heterocycles. The Balaban J connectivity index is 2.24. The van der Waals surface area contributed by atoms with Gasteiger partial charge in [0, 0.05) is 31.6 Å². The minimum absolute atomic E-state index is 0.0239. The number of azide groups is 1. The highest BCUT2D eigenvalue weighted by atomic mass is 19.1. The van der Waals surface area contributed by atoms with Gasteiger partial charge in [-0.1, -0.05) is 5.11 Å². The summed E-state index contributed by atoms with van der Waals surface area (Å²) in [5.41, 5.74) is 5.31. The highest BCUT2D eigenvalue weighted by molar-refractivity contribution is 5.85. The molecule has 14 nitrogen and oxygen atoms in total. The molecule has 1 fully saturated rings. The van der Waals surface area contributed by atoms with Crippen LogP contribution in [0.3, 0.4) is 0 Å². The fourth-order valence-corrected chi connectivity index (χ4v) is 2.99. The Kier molecular flexibility index (Phi) is 7.88. The molecule has 1 aliphatic rings. The first-order valence-electron chi connectivity index (χ1n) is 9.18. The largest absolute Gasteiger partial charge is 0.393 e. The molecule has 0 spiro atoms. The van der Waals surface area contributed by atoms with Crippen molar-refractivity contribution < 1.29 is 28.9 Å². The third kappa shape index (κ3) is 5.08. The first-order valence-corrected chi connectivity index (χ1v) is 9.18. The molecule has 5 atom stereocenters. The number of hydrogen-bond acceptors (Lipinski definition) is 9. The van der Waals surface area contributed by atoms with E-state index in [9.17, 15) is 29.0 Å². The summed E-state index contributed by atoms with van der Waals surface area (Å²) in [7, 11) is 2.86. The van der Waals surface area contributed by atoms with Crippen LogP contribution >= 0.6 is 0 Å². The Bertz CT molecular complexity index is 922. The van der Waals surface area contributed by atoms with Crippen molar-refractivity contribution in [3.8, 4) is 0 Å². The number of anilines is 1. The fraction of sp³-hybridized carbons (Fsp3) is 0.625. The number of ether oxygens (including phenoxy) is 1. The van der Waals surface area contributed by atoms with Gasteiger partial charge in [-0.05, 0) is 18.0 Å². The van der Waals surface area contributed by atoms with Gasteiger partial charge in [0.05, 0.1) is 6.61 Å². The fourth-order valence-electron chi connectivity index (χ4n) is 2.99. The van der Waals surface area contributed by atoms with Crippen molar-refractivity contribution in [3.63, 3.8) is 0 Å². The van der Waals surface area contributed by atoms with E-state index in [0.29, 0.717) is 4.57 Å². The van der Waals surface area contributed by atoms with E-state index < -0.39 is 48.5 Å². The molecule has 0 saturated carbocycles. The lowest BCUT2D eigenvalue weighted by molar-refractivity contribution is -0.124. The number of aliphatic hydroxyl groups is 2. The standard InChI is InChI=1S/C16H23FN8O6/c1-19-10(27)4-3-8(13(29)20-2)21-9-5-6-25(15(30)22-9)14-11(17)12(28)16(7-26,31-14)23-24-18/h5-6,8,11-12,14,26,28H,3-4,7H2,1-2H3,(H,19,27)(H,20,29)(H,21,22,30)/t8-,11-,12-,14+,16?/m0/s1. The third-order valence-corrected chi connectivity index (χ3v) is 4.73. The second kappa shape index (κ2) is 10.2. The SMILES string of the molecule is CNC(=O)CC[C@H](Nc1ccn([C@@H]2OC(CO)(N=[N+]=[N-])[C@@H](O)[C@@H]2F)c(=O)n1)C(=O)NC. The topological polar surface area (TPSA) is 204 Å². The molecule has 15 heteroatoms. The lowest BCUT2D eigenvalue weighted by Gasteiger charge is -2.23. The Morgan fingerprint density at radius 1 is 1.48 bits per heavy atom. The maximum atomic E-state index is 14.6. The van der Waals surface area contributed by atoms with Gasteiger partial charge in [-0.25, -0.2) is 9.18 Å². The molecule has 1 saturated heterocycles. The van der Waals surface area contributed by atoms with Gasteiger partial charge in [0.1, 0.15) is 18.0 Å². The maximum absolute atomic E-state index is 14.6. The monoisotopic (exact) mass is 442 g/mol. The van der Waals surface area contributed by atoms with Crippen LogP contribution < -0.4 is 21.6 Å². The Labute approximate surface area is 175 Å². The van der Waals surface area contributed by atoms with E-state index in [2.05, 4.69) is 31.0 Å². The number of halogens is 1. The number of carbonyl (C=O) groups is 2. The van der Waals surface area contributed by atoms with E-state index >= 15 is 0 Å². The average Bonchev–Trinajstić information content (AvgIpc) is 3.01. The smallest absolute Gasteiger partial charge is 0.351 e. The molecule has 0 aromatic carbocycles. The summed E-state index contributed by atoms with van der Waals surface area (Å²) in [6.45, 7) is -1.02. The van der Waals surface area contributed by atoms with Crippen molar-refractivity contribution in [2.45, 2.75) is 43.1 Å². The number of rotatable bonds is 9. The molecule has 31 heavy (non-hydrogen) atoms. The number of aromatic nitrogens is 2. The van der Waals surface area contributed by atoms with Gasteiger partial charge in [0.15, 0.2) is 12.4 Å². The summed E-state index contributed by atoms with van der Waals surface area (Å²) in [6, 6.07) is 0.377. The highest BCUT2D eigenvalue weighted by Gasteiger charge is 2.56. The summed E-state index contributed by atoms with van der Waals surface area (Å²) in [4.78, 5) is 42.1. The van der Waals surface area contributed by atoms with Crippen molar-refractivity contribution in [1.82, 2.24) is 20.2 Å². The van der Waals surface area contributed by atoms with E-state index in [1.165, 1.54) is 20.2 Å². The highest BCUT2D eigenvalue weighted by Crippen LogP contribution is 2.39. The maximum Gasteiger partial charge on any atom is 0.351 e. The third-order valence-electron chi connectivity index (χ3n) is 4.73. The van der Waals surface area contributed by atoms with Crippen LogP contribution in [0.2, 0.25) is 0 Å². The quantitative estimate of drug-likeness (QED) is 0.173. The summed E-state index contributed by atoms with van der Waals surface area (Å²) >= 11 is 0. The van der Waals surface area contributed by atoms with Crippen LogP contribution in [0.1, 0.15) is 19.1 Å².